The molecule has 0 bridgehead atoms. The molecule has 0 aliphatic carbocycles. The molecule has 0 amide bonds. The Hall–Kier alpha value is -0.196. The van der Waals surface area contributed by atoms with E-state index in [-0.39, 0.29) is 58.9 Å². The zero-order valence-electron chi connectivity index (χ0n) is 11.1. The second-order valence-corrected chi connectivity index (χ2v) is 5.13. The van der Waals surface area contributed by atoms with Crippen LogP contribution in [0.2, 0.25) is 0 Å². The maximum atomic E-state index is 2.22. The minimum Gasteiger partial charge on any atom is -0.152 e. The zero-order chi connectivity index (χ0) is 11.5. The van der Waals surface area contributed by atoms with Gasteiger partial charge in [0, 0.05) is 21.7 Å². The fourth-order valence-electron chi connectivity index (χ4n) is 1.90. The maximum Gasteiger partial charge on any atom is 0 e. The largest absolute Gasteiger partial charge is 0.152 e. The maximum absolute atomic E-state index is 2.22. The van der Waals surface area contributed by atoms with Crippen molar-refractivity contribution in [1.29, 1.82) is 0 Å². The number of hydrogen-bond acceptors (Lipinski definition) is 0. The molecule has 3 rings (SSSR count). The molecule has 3 aromatic rings. The molecule has 0 aliphatic heterocycles. The van der Waals surface area contributed by atoms with Crippen molar-refractivity contribution in [2.24, 2.45) is 0 Å². The Balaban J connectivity index is 0. The van der Waals surface area contributed by atoms with E-state index in [0.29, 0.717) is 0 Å². The first kappa shape index (κ1) is 23.1. The fraction of sp³-hybridized carbons (Fsp3) is 0. The predicted octanol–water partition coefficient (Wildman–Crippen LogP) is 6.58. The first-order chi connectivity index (χ1) is 8.43. The average molecular weight is 392 g/mol. The minimum atomic E-state index is 0. The number of halogens is 3. The summed E-state index contributed by atoms with van der Waals surface area (Å²) in [5, 5.41) is 2.76. The Morgan fingerprint density at radius 1 is 0.667 bits per heavy atom. The summed E-state index contributed by atoms with van der Waals surface area (Å²) in [6.07, 6.45) is 0. The van der Waals surface area contributed by atoms with Gasteiger partial charge in [-0.2, -0.15) is 8.19 Å². The van der Waals surface area contributed by atoms with E-state index in [4.69, 9.17) is 0 Å². The van der Waals surface area contributed by atoms with Crippen molar-refractivity contribution < 1.29 is 21.7 Å². The molecular weight excluding hydrogens is 377 g/mol. The summed E-state index contributed by atoms with van der Waals surface area (Å²) in [5.74, 6) is 0. The van der Waals surface area contributed by atoms with E-state index in [1.807, 2.05) is 0 Å². The summed E-state index contributed by atoms with van der Waals surface area (Å²) < 4.78 is 0. The summed E-state index contributed by atoms with van der Waals surface area (Å²) >= 11 is 0. The molecule has 0 aliphatic rings. The second kappa shape index (κ2) is 11.4. The van der Waals surface area contributed by atoms with Gasteiger partial charge in [-0.15, -0.1) is 67.1 Å². The Morgan fingerprint density at radius 2 is 1.19 bits per heavy atom. The van der Waals surface area contributed by atoms with Gasteiger partial charge < -0.3 is 0 Å². The predicted molar refractivity (Wildman–Crippen MR) is 97.2 cm³/mol. The van der Waals surface area contributed by atoms with Crippen molar-refractivity contribution in [3.63, 3.8) is 0 Å². The Labute approximate surface area is 160 Å². The van der Waals surface area contributed by atoms with Crippen LogP contribution in [-0.2, 0) is 21.7 Å². The Kier molecular flexibility index (Phi) is 12.5. The van der Waals surface area contributed by atoms with Crippen LogP contribution < -0.4 is 0 Å². The van der Waals surface area contributed by atoms with Crippen LogP contribution in [0.3, 0.4) is 0 Å². The first-order valence-corrected chi connectivity index (χ1v) is 6.57. The van der Waals surface area contributed by atoms with E-state index in [0.717, 1.165) is 0 Å². The molecule has 0 saturated carbocycles. The van der Waals surface area contributed by atoms with Crippen LogP contribution in [0.5, 0.6) is 0 Å². The molecule has 21 heavy (non-hydrogen) atoms. The number of benzene rings is 2. The summed E-state index contributed by atoms with van der Waals surface area (Å²) in [5.41, 5.74) is 2.63. The van der Waals surface area contributed by atoms with Crippen LogP contribution in [0.4, 0.5) is 0 Å². The molecule has 0 N–H and O–H groups in total. The Morgan fingerprint density at radius 3 is 1.76 bits per heavy atom. The standard InChI is InChI=1S/C16H12P.3ClH.Ti/c1-3-7-13(8-4-1)15-11-12-16(17-15)14-9-5-2-6-10-14;;;;/h1-12H;3*1H;/q-1;;;;. The van der Waals surface area contributed by atoms with E-state index < -0.39 is 0 Å². The molecule has 2 aromatic carbocycles. The van der Waals surface area contributed by atoms with Gasteiger partial charge in [0.05, 0.1) is 0 Å². The molecule has 0 saturated heterocycles. The van der Waals surface area contributed by atoms with Crippen molar-refractivity contribution in [2.45, 2.75) is 0 Å². The molecule has 0 nitrogen and oxygen atoms in total. The van der Waals surface area contributed by atoms with Gasteiger partial charge in [-0.3, -0.25) is 0 Å². The van der Waals surface area contributed by atoms with Crippen molar-refractivity contribution in [2.75, 3.05) is 0 Å². The molecule has 0 spiro atoms. The van der Waals surface area contributed by atoms with Gasteiger partial charge in [0.2, 0.25) is 0 Å². The van der Waals surface area contributed by atoms with Crippen LogP contribution in [0.15, 0.2) is 72.8 Å². The van der Waals surface area contributed by atoms with E-state index >= 15 is 0 Å². The van der Waals surface area contributed by atoms with E-state index in [9.17, 15) is 0 Å². The Bertz CT molecular complexity index is 558. The quantitative estimate of drug-likeness (QED) is 0.341. The van der Waals surface area contributed by atoms with Gasteiger partial charge in [0.1, 0.15) is 0 Å². The molecule has 1 heterocycles. The van der Waals surface area contributed by atoms with Crippen LogP contribution in [0, 0.1) is 0 Å². The van der Waals surface area contributed by atoms with Gasteiger partial charge in [-0.1, -0.05) is 64.7 Å². The van der Waals surface area contributed by atoms with Crippen molar-refractivity contribution >= 4 is 45.4 Å². The normalized spacial score (nSPS) is 8.76. The average Bonchev–Trinajstić information content (AvgIpc) is 2.90. The smallest absolute Gasteiger partial charge is 0 e. The number of hydrogen-bond donors (Lipinski definition) is 0. The summed E-state index contributed by atoms with van der Waals surface area (Å²) in [4.78, 5) is 0. The SMILES string of the molecule is Cl.Cl.Cl.[Ti].c1ccc(-c2cc[c-](-c3ccccc3)p2)cc1. The molecule has 1 aromatic heterocycles. The van der Waals surface area contributed by atoms with Gasteiger partial charge in [0.25, 0.3) is 0 Å². The van der Waals surface area contributed by atoms with Gasteiger partial charge in [0.15, 0.2) is 0 Å². The zero-order valence-corrected chi connectivity index (χ0v) is 16.0. The summed E-state index contributed by atoms with van der Waals surface area (Å²) in [6.45, 7) is 0. The monoisotopic (exact) mass is 391 g/mol. The fourth-order valence-corrected chi connectivity index (χ4v) is 3.02. The topological polar surface area (TPSA) is 0 Å². The third kappa shape index (κ3) is 5.83. The van der Waals surface area contributed by atoms with Gasteiger partial charge >= 0.3 is 0 Å². The van der Waals surface area contributed by atoms with Crippen molar-refractivity contribution in [3.8, 4) is 21.7 Å². The number of rotatable bonds is 2. The van der Waals surface area contributed by atoms with Crippen LogP contribution in [-0.4, -0.2) is 0 Å². The van der Waals surface area contributed by atoms with Crippen LogP contribution in [0.1, 0.15) is 0 Å². The third-order valence-corrected chi connectivity index (χ3v) is 4.08. The molecular formula is C16H15Cl3PTi-. The molecule has 0 radical (unpaired) electrons. The first-order valence-electron chi connectivity index (χ1n) is 5.68. The third-order valence-electron chi connectivity index (χ3n) is 2.78. The molecule has 110 valence electrons. The van der Waals surface area contributed by atoms with E-state index in [1.54, 1.807) is 0 Å². The van der Waals surface area contributed by atoms with Crippen molar-refractivity contribution in [1.82, 2.24) is 0 Å². The van der Waals surface area contributed by atoms with Gasteiger partial charge in [-0.25, -0.2) is 0 Å². The van der Waals surface area contributed by atoms with Crippen LogP contribution in [0.25, 0.3) is 21.7 Å². The summed E-state index contributed by atoms with van der Waals surface area (Å²) in [6, 6.07) is 25.6. The summed E-state index contributed by atoms with van der Waals surface area (Å²) in [7, 11) is 1.30. The molecule has 0 unspecified atom stereocenters. The minimum absolute atomic E-state index is 0. The van der Waals surface area contributed by atoms with Crippen molar-refractivity contribution in [3.05, 3.63) is 72.8 Å². The molecule has 0 fully saturated rings. The van der Waals surface area contributed by atoms with E-state index in [2.05, 4.69) is 72.8 Å². The molecule has 5 heteroatoms. The van der Waals surface area contributed by atoms with E-state index in [1.165, 1.54) is 29.9 Å². The second-order valence-electron chi connectivity index (χ2n) is 3.95. The van der Waals surface area contributed by atoms with Gasteiger partial charge in [-0.05, 0) is 0 Å². The van der Waals surface area contributed by atoms with Crippen LogP contribution >= 0.6 is 45.4 Å². The molecule has 0 atom stereocenters.